The predicted molar refractivity (Wildman–Crippen MR) is 117 cm³/mol. The quantitative estimate of drug-likeness (QED) is 0.452. The molecule has 162 valence electrons. The van der Waals surface area contributed by atoms with E-state index in [0.29, 0.717) is 22.1 Å². The first-order valence-electron chi connectivity index (χ1n) is 9.27. The monoisotopic (exact) mass is 471 g/mol. The zero-order chi connectivity index (χ0) is 22.3. The molecule has 8 nitrogen and oxygen atoms in total. The van der Waals surface area contributed by atoms with Gasteiger partial charge in [0.15, 0.2) is 16.6 Å². The number of carbonyl (C=O) groups excluding carboxylic acids is 1. The van der Waals surface area contributed by atoms with Gasteiger partial charge in [-0.2, -0.15) is 0 Å². The minimum Gasteiger partial charge on any atom is -0.454 e. The number of sulfonamides is 1. The van der Waals surface area contributed by atoms with Gasteiger partial charge in [-0.05, 0) is 42.5 Å². The highest BCUT2D eigenvalue weighted by atomic mass is 32.2. The van der Waals surface area contributed by atoms with Crippen LogP contribution in [-0.4, -0.2) is 26.1 Å². The molecule has 0 spiro atoms. The van der Waals surface area contributed by atoms with Crippen LogP contribution in [0.2, 0.25) is 0 Å². The summed E-state index contributed by atoms with van der Waals surface area (Å²) in [6.45, 7) is 0.164. The second kappa shape index (κ2) is 7.77. The molecule has 2 N–H and O–H groups in total. The van der Waals surface area contributed by atoms with Gasteiger partial charge in [-0.1, -0.05) is 17.4 Å². The fourth-order valence-electron chi connectivity index (χ4n) is 3.09. The Morgan fingerprint density at radius 1 is 1.03 bits per heavy atom. The average Bonchev–Trinajstić information content (AvgIpc) is 3.37. The van der Waals surface area contributed by atoms with E-state index >= 15 is 0 Å². The van der Waals surface area contributed by atoms with Crippen LogP contribution in [0.1, 0.15) is 10.4 Å². The van der Waals surface area contributed by atoms with E-state index in [0.717, 1.165) is 29.0 Å². The normalized spacial score (nSPS) is 12.7. The Kier molecular flexibility index (Phi) is 4.91. The Labute approximate surface area is 185 Å². The Hall–Kier alpha value is -3.70. The van der Waals surface area contributed by atoms with Gasteiger partial charge < -0.3 is 9.47 Å². The van der Waals surface area contributed by atoms with Crippen molar-refractivity contribution in [3.05, 3.63) is 72.0 Å². The van der Waals surface area contributed by atoms with Crippen molar-refractivity contribution in [2.45, 2.75) is 4.90 Å². The summed E-state index contributed by atoms with van der Waals surface area (Å²) in [5, 5.41) is 3.10. The minimum atomic E-state index is -3.94. The molecule has 0 fully saturated rings. The van der Waals surface area contributed by atoms with Crippen molar-refractivity contribution >= 4 is 48.3 Å². The predicted octanol–water partition coefficient (Wildman–Crippen LogP) is 4.22. The summed E-state index contributed by atoms with van der Waals surface area (Å²) in [5.41, 5.74) is 1.09. The second-order valence-corrected chi connectivity index (χ2v) is 9.50. The van der Waals surface area contributed by atoms with E-state index in [1.807, 2.05) is 0 Å². The number of ether oxygens (including phenoxy) is 2. The first kappa shape index (κ1) is 20.2. The average molecular weight is 471 g/mol. The van der Waals surface area contributed by atoms with Crippen LogP contribution in [0, 0.1) is 5.82 Å². The zero-order valence-electron chi connectivity index (χ0n) is 16.2. The number of halogens is 1. The lowest BCUT2D eigenvalue weighted by molar-refractivity contribution is 0.102. The van der Waals surface area contributed by atoms with Gasteiger partial charge in [-0.15, -0.1) is 0 Å². The third kappa shape index (κ3) is 3.95. The summed E-state index contributed by atoms with van der Waals surface area (Å²) in [4.78, 5) is 17.0. The summed E-state index contributed by atoms with van der Waals surface area (Å²) in [7, 11) is -3.94. The lowest BCUT2D eigenvalue weighted by Crippen LogP contribution is -2.15. The van der Waals surface area contributed by atoms with Gasteiger partial charge >= 0.3 is 0 Å². The SMILES string of the molecule is O=C(Nc1nc2cc3c(cc2s1)OCO3)c1cccc(NS(=O)(=O)c2ccc(F)cc2)c1. The number of hydrogen-bond acceptors (Lipinski definition) is 7. The summed E-state index contributed by atoms with van der Waals surface area (Å²) >= 11 is 1.28. The van der Waals surface area contributed by atoms with E-state index in [1.54, 1.807) is 24.3 Å². The van der Waals surface area contributed by atoms with E-state index < -0.39 is 21.7 Å². The maximum atomic E-state index is 13.1. The molecular formula is C21H14FN3O5S2. The number of fused-ring (bicyclic) bond motifs is 2. The second-order valence-electron chi connectivity index (χ2n) is 6.79. The molecule has 2 heterocycles. The molecule has 1 aliphatic heterocycles. The number of aromatic nitrogens is 1. The molecule has 0 unspecified atom stereocenters. The largest absolute Gasteiger partial charge is 0.454 e. The van der Waals surface area contributed by atoms with Gasteiger partial charge in [0.2, 0.25) is 6.79 Å². The lowest BCUT2D eigenvalue weighted by atomic mass is 10.2. The molecule has 11 heteroatoms. The molecule has 1 amide bonds. The number of nitrogens with one attached hydrogen (secondary N) is 2. The van der Waals surface area contributed by atoms with Crippen molar-refractivity contribution < 1.29 is 27.1 Å². The molecule has 0 bridgehead atoms. The number of nitrogens with zero attached hydrogens (tertiary/aromatic N) is 1. The van der Waals surface area contributed by atoms with Crippen LogP contribution >= 0.6 is 11.3 Å². The summed E-state index contributed by atoms with van der Waals surface area (Å²) < 4.78 is 52.0. The number of rotatable bonds is 5. The van der Waals surface area contributed by atoms with Gasteiger partial charge in [-0.3, -0.25) is 14.8 Å². The van der Waals surface area contributed by atoms with Crippen molar-refractivity contribution in [2.24, 2.45) is 0 Å². The van der Waals surface area contributed by atoms with Gasteiger partial charge in [0, 0.05) is 23.4 Å². The van der Waals surface area contributed by atoms with Crippen molar-refractivity contribution in [3.8, 4) is 11.5 Å². The van der Waals surface area contributed by atoms with Crippen LogP contribution in [0.5, 0.6) is 11.5 Å². The van der Waals surface area contributed by atoms with Crippen molar-refractivity contribution in [3.63, 3.8) is 0 Å². The van der Waals surface area contributed by atoms with Gasteiger partial charge in [0.1, 0.15) is 5.82 Å². The molecule has 1 aliphatic rings. The van der Waals surface area contributed by atoms with Crippen molar-refractivity contribution in [2.75, 3.05) is 16.8 Å². The topological polar surface area (TPSA) is 107 Å². The molecule has 0 radical (unpaired) electrons. The number of carbonyl (C=O) groups is 1. The third-order valence-electron chi connectivity index (χ3n) is 4.60. The fourth-order valence-corrected chi connectivity index (χ4v) is 5.01. The summed E-state index contributed by atoms with van der Waals surface area (Å²) in [6, 6.07) is 14.0. The van der Waals surface area contributed by atoms with E-state index in [2.05, 4.69) is 15.0 Å². The van der Waals surface area contributed by atoms with E-state index in [-0.39, 0.29) is 22.9 Å². The number of hydrogen-bond donors (Lipinski definition) is 2. The van der Waals surface area contributed by atoms with Crippen LogP contribution in [-0.2, 0) is 10.0 Å². The molecular weight excluding hydrogens is 457 g/mol. The smallest absolute Gasteiger partial charge is 0.261 e. The highest BCUT2D eigenvalue weighted by molar-refractivity contribution is 7.92. The number of benzene rings is 3. The Balaban J connectivity index is 1.34. The van der Waals surface area contributed by atoms with Gasteiger partial charge in [0.05, 0.1) is 15.1 Å². The molecule has 1 aromatic heterocycles. The molecule has 0 atom stereocenters. The Bertz CT molecular complexity index is 1410. The standard InChI is InChI=1S/C21H14FN3O5S2/c22-13-4-6-15(7-5-13)32(27,28)25-14-3-1-2-12(8-14)20(26)24-21-23-16-9-17-18(30-11-29-17)10-19(16)31-21/h1-10,25H,11H2,(H,23,24,26). The maximum Gasteiger partial charge on any atom is 0.261 e. The third-order valence-corrected chi connectivity index (χ3v) is 6.93. The summed E-state index contributed by atoms with van der Waals surface area (Å²) in [5.74, 6) is 0.232. The first-order chi connectivity index (χ1) is 15.4. The number of thiazole rings is 1. The molecule has 5 rings (SSSR count). The Morgan fingerprint density at radius 2 is 1.78 bits per heavy atom. The first-order valence-corrected chi connectivity index (χ1v) is 11.6. The molecule has 32 heavy (non-hydrogen) atoms. The number of anilines is 2. The maximum absolute atomic E-state index is 13.1. The van der Waals surface area contributed by atoms with Crippen LogP contribution in [0.25, 0.3) is 10.2 Å². The molecule has 4 aromatic rings. The van der Waals surface area contributed by atoms with Crippen molar-refractivity contribution in [1.82, 2.24) is 4.98 Å². The van der Waals surface area contributed by atoms with Crippen LogP contribution in [0.3, 0.4) is 0 Å². The molecule has 0 saturated carbocycles. The van der Waals surface area contributed by atoms with Crippen molar-refractivity contribution in [1.29, 1.82) is 0 Å². The van der Waals surface area contributed by atoms with Crippen LogP contribution in [0.15, 0.2) is 65.6 Å². The molecule has 0 aliphatic carbocycles. The molecule has 3 aromatic carbocycles. The van der Waals surface area contributed by atoms with E-state index in [9.17, 15) is 17.6 Å². The summed E-state index contributed by atoms with van der Waals surface area (Å²) in [6.07, 6.45) is 0. The minimum absolute atomic E-state index is 0.0944. The van der Waals surface area contributed by atoms with Crippen LogP contribution in [0.4, 0.5) is 15.2 Å². The van der Waals surface area contributed by atoms with Gasteiger partial charge in [0.25, 0.3) is 15.9 Å². The van der Waals surface area contributed by atoms with E-state index in [1.165, 1.54) is 23.5 Å². The van der Waals surface area contributed by atoms with Gasteiger partial charge in [-0.25, -0.2) is 17.8 Å². The fraction of sp³-hybridized carbons (Fsp3) is 0.0476. The highest BCUT2D eigenvalue weighted by Crippen LogP contribution is 2.39. The highest BCUT2D eigenvalue weighted by Gasteiger charge is 2.18. The van der Waals surface area contributed by atoms with Crippen LogP contribution < -0.4 is 19.5 Å². The van der Waals surface area contributed by atoms with E-state index in [4.69, 9.17) is 9.47 Å². The molecule has 0 saturated heterocycles. The Morgan fingerprint density at radius 3 is 2.56 bits per heavy atom. The lowest BCUT2D eigenvalue weighted by Gasteiger charge is -2.09. The zero-order valence-corrected chi connectivity index (χ0v) is 17.8. The number of amides is 1.